The highest BCUT2D eigenvalue weighted by atomic mass is 79.9. The van der Waals surface area contributed by atoms with Crippen LogP contribution in [0.1, 0.15) is 33.3 Å². The number of anilines is 2. The third kappa shape index (κ3) is 6.17. The molecule has 0 aliphatic carbocycles. The summed E-state index contributed by atoms with van der Waals surface area (Å²) in [5.74, 6) is -0.0978. The van der Waals surface area contributed by atoms with Crippen LogP contribution in [0.25, 0.3) is 10.8 Å². The molecule has 3 aromatic carbocycles. The standard InChI is InChI=1S/C30H35BrN4O5/c1-18(34(5)29(38)40-30(2,3)4)27(36)33-24-16-32-23-12-7-8-13-25(23)35(28(24)37)17-21-19-10-9-11-22(31)20(19)14-15-26(21)39-6/h7-15,18,24,32H,16-17H2,1-6H3,(H,33,36)/t18-,24-/m0/s1. The van der Waals surface area contributed by atoms with Gasteiger partial charge in [0.05, 0.1) is 25.0 Å². The quantitative estimate of drug-likeness (QED) is 0.392. The molecular weight excluding hydrogens is 576 g/mol. The molecule has 2 N–H and O–H groups in total. The van der Waals surface area contributed by atoms with E-state index in [1.165, 1.54) is 11.9 Å². The summed E-state index contributed by atoms with van der Waals surface area (Å²) in [4.78, 5) is 42.8. The van der Waals surface area contributed by atoms with Gasteiger partial charge in [0, 0.05) is 23.6 Å². The van der Waals surface area contributed by atoms with Crippen molar-refractivity contribution in [3.8, 4) is 5.75 Å². The molecule has 40 heavy (non-hydrogen) atoms. The number of amides is 3. The SMILES string of the molecule is COc1ccc2c(Br)cccc2c1CN1C(=O)[C@@H](NC(=O)[C@H](C)N(C)C(=O)OC(C)(C)C)CNc2ccccc21. The lowest BCUT2D eigenvalue weighted by Crippen LogP contribution is -2.55. The number of nitrogens with zero attached hydrogens (tertiary/aromatic N) is 2. The van der Waals surface area contributed by atoms with Gasteiger partial charge in [-0.15, -0.1) is 0 Å². The highest BCUT2D eigenvalue weighted by Gasteiger charge is 2.35. The molecule has 3 amide bonds. The lowest BCUT2D eigenvalue weighted by atomic mass is 10.0. The first-order valence-electron chi connectivity index (χ1n) is 13.1. The molecule has 0 aromatic heterocycles. The first-order valence-corrected chi connectivity index (χ1v) is 13.8. The van der Waals surface area contributed by atoms with Gasteiger partial charge in [-0.25, -0.2) is 4.79 Å². The molecule has 0 unspecified atom stereocenters. The Kier molecular flexibility index (Phi) is 8.58. The Morgan fingerprint density at radius 1 is 1.12 bits per heavy atom. The zero-order valence-electron chi connectivity index (χ0n) is 23.6. The molecule has 10 heteroatoms. The van der Waals surface area contributed by atoms with Crippen LogP contribution in [0.15, 0.2) is 59.1 Å². The summed E-state index contributed by atoms with van der Waals surface area (Å²) in [7, 11) is 3.10. The number of likely N-dealkylation sites (N-methyl/N-ethyl adjacent to an activating group) is 1. The third-order valence-corrected chi connectivity index (χ3v) is 7.52. The Morgan fingerprint density at radius 3 is 2.55 bits per heavy atom. The van der Waals surface area contributed by atoms with Crippen molar-refractivity contribution in [1.29, 1.82) is 0 Å². The summed E-state index contributed by atoms with van der Waals surface area (Å²) in [6, 6.07) is 15.6. The van der Waals surface area contributed by atoms with Gasteiger partial charge >= 0.3 is 6.09 Å². The van der Waals surface area contributed by atoms with E-state index in [0.29, 0.717) is 11.4 Å². The zero-order valence-corrected chi connectivity index (χ0v) is 25.2. The van der Waals surface area contributed by atoms with E-state index in [1.807, 2.05) is 54.6 Å². The number of methoxy groups -OCH3 is 1. The molecule has 4 rings (SSSR count). The van der Waals surface area contributed by atoms with Gasteiger partial charge in [-0.05, 0) is 68.8 Å². The Bertz CT molecular complexity index is 1440. The molecule has 9 nitrogen and oxygen atoms in total. The van der Waals surface area contributed by atoms with Crippen LogP contribution in [0.2, 0.25) is 0 Å². The van der Waals surface area contributed by atoms with Crippen LogP contribution >= 0.6 is 15.9 Å². The molecule has 0 saturated heterocycles. The first kappa shape index (κ1) is 29.2. The fourth-order valence-corrected chi connectivity index (χ4v) is 5.07. The lowest BCUT2D eigenvalue weighted by molar-refractivity contribution is -0.130. The van der Waals surface area contributed by atoms with E-state index >= 15 is 0 Å². The van der Waals surface area contributed by atoms with Crippen molar-refractivity contribution in [2.24, 2.45) is 0 Å². The zero-order chi connectivity index (χ0) is 29.2. The van der Waals surface area contributed by atoms with Crippen molar-refractivity contribution >= 4 is 56.0 Å². The fourth-order valence-electron chi connectivity index (χ4n) is 4.58. The minimum Gasteiger partial charge on any atom is -0.496 e. The number of rotatable bonds is 6. The minimum atomic E-state index is -0.887. The number of para-hydroxylation sites is 2. The Morgan fingerprint density at radius 2 is 1.85 bits per heavy atom. The molecule has 1 heterocycles. The average Bonchev–Trinajstić information content (AvgIpc) is 3.04. The number of fused-ring (bicyclic) bond motifs is 2. The highest BCUT2D eigenvalue weighted by Crippen LogP contribution is 2.36. The lowest BCUT2D eigenvalue weighted by Gasteiger charge is -2.30. The molecule has 1 aliphatic heterocycles. The normalized spacial score (nSPS) is 15.9. The van der Waals surface area contributed by atoms with Gasteiger partial charge in [-0.1, -0.05) is 40.2 Å². The summed E-state index contributed by atoms with van der Waals surface area (Å²) in [5, 5.41) is 8.10. The fraction of sp³-hybridized carbons (Fsp3) is 0.367. The molecular formula is C30H35BrN4O5. The van der Waals surface area contributed by atoms with Crippen LogP contribution in [0.5, 0.6) is 5.75 Å². The summed E-state index contributed by atoms with van der Waals surface area (Å²) >= 11 is 3.62. The van der Waals surface area contributed by atoms with Crippen molar-refractivity contribution in [3.63, 3.8) is 0 Å². The Balaban J connectivity index is 1.65. The van der Waals surface area contributed by atoms with Gasteiger partial charge in [0.1, 0.15) is 23.4 Å². The van der Waals surface area contributed by atoms with Gasteiger partial charge in [0.15, 0.2) is 0 Å². The molecule has 1 aliphatic rings. The average molecular weight is 612 g/mol. The van der Waals surface area contributed by atoms with Crippen LogP contribution in [0, 0.1) is 0 Å². The van der Waals surface area contributed by atoms with E-state index in [4.69, 9.17) is 9.47 Å². The highest BCUT2D eigenvalue weighted by molar-refractivity contribution is 9.10. The van der Waals surface area contributed by atoms with Crippen LogP contribution in [-0.4, -0.2) is 61.2 Å². The van der Waals surface area contributed by atoms with Gasteiger partial charge in [-0.2, -0.15) is 0 Å². The summed E-state index contributed by atoms with van der Waals surface area (Å²) < 4.78 is 12.0. The monoisotopic (exact) mass is 610 g/mol. The van der Waals surface area contributed by atoms with Crippen LogP contribution in [0.3, 0.4) is 0 Å². The van der Waals surface area contributed by atoms with Crippen LogP contribution in [-0.2, 0) is 20.9 Å². The summed E-state index contributed by atoms with van der Waals surface area (Å²) in [5.41, 5.74) is 1.60. The summed E-state index contributed by atoms with van der Waals surface area (Å²) in [6.07, 6.45) is -0.622. The Hall–Kier alpha value is -3.79. The topological polar surface area (TPSA) is 100 Å². The van der Waals surface area contributed by atoms with Crippen LogP contribution in [0.4, 0.5) is 16.2 Å². The van der Waals surface area contributed by atoms with Crippen molar-refractivity contribution in [2.75, 3.05) is 30.9 Å². The number of carbonyl (C=O) groups excluding carboxylic acids is 3. The molecule has 212 valence electrons. The first-order chi connectivity index (χ1) is 18.9. The Labute approximate surface area is 242 Å². The molecule has 0 saturated carbocycles. The molecule has 2 atom stereocenters. The van der Waals surface area contributed by atoms with Crippen LogP contribution < -0.4 is 20.3 Å². The second-order valence-corrected chi connectivity index (χ2v) is 11.6. The number of halogens is 1. The number of nitrogens with one attached hydrogen (secondary N) is 2. The van der Waals surface area contributed by atoms with E-state index in [0.717, 1.165) is 26.5 Å². The van der Waals surface area contributed by atoms with Crippen molar-refractivity contribution in [3.05, 3.63) is 64.6 Å². The van der Waals surface area contributed by atoms with E-state index < -0.39 is 29.7 Å². The van der Waals surface area contributed by atoms with Gasteiger partial charge in [0.25, 0.3) is 5.91 Å². The predicted octanol–water partition coefficient (Wildman–Crippen LogP) is 5.31. The number of hydrogen-bond acceptors (Lipinski definition) is 6. The second kappa shape index (κ2) is 11.8. The minimum absolute atomic E-state index is 0.180. The summed E-state index contributed by atoms with van der Waals surface area (Å²) in [6.45, 7) is 7.27. The smallest absolute Gasteiger partial charge is 0.410 e. The number of ether oxygens (including phenoxy) is 2. The maximum absolute atomic E-state index is 14.1. The predicted molar refractivity (Wildman–Crippen MR) is 160 cm³/mol. The molecule has 0 radical (unpaired) electrons. The van der Waals surface area contributed by atoms with E-state index in [9.17, 15) is 14.4 Å². The molecule has 0 fully saturated rings. The van der Waals surface area contributed by atoms with Crippen molar-refractivity contribution in [2.45, 2.75) is 51.9 Å². The molecule has 0 spiro atoms. The van der Waals surface area contributed by atoms with Gasteiger partial charge in [-0.3, -0.25) is 14.5 Å². The number of benzene rings is 3. The number of carbonyl (C=O) groups is 3. The molecule has 3 aromatic rings. The van der Waals surface area contributed by atoms with E-state index in [2.05, 4.69) is 26.6 Å². The van der Waals surface area contributed by atoms with Crippen molar-refractivity contribution < 1.29 is 23.9 Å². The molecule has 0 bridgehead atoms. The largest absolute Gasteiger partial charge is 0.496 e. The second-order valence-electron chi connectivity index (χ2n) is 10.7. The van der Waals surface area contributed by atoms with Gasteiger partial charge in [0.2, 0.25) is 5.91 Å². The maximum Gasteiger partial charge on any atom is 0.410 e. The van der Waals surface area contributed by atoms with E-state index in [-0.39, 0.29) is 19.0 Å². The maximum atomic E-state index is 14.1. The third-order valence-electron chi connectivity index (χ3n) is 6.83. The van der Waals surface area contributed by atoms with E-state index in [1.54, 1.807) is 39.7 Å². The van der Waals surface area contributed by atoms with Gasteiger partial charge < -0.3 is 25.0 Å². The van der Waals surface area contributed by atoms with Crippen molar-refractivity contribution in [1.82, 2.24) is 10.2 Å². The number of hydrogen-bond donors (Lipinski definition) is 2.